The third-order valence-corrected chi connectivity index (χ3v) is 8.34. The maximum Gasteiger partial charge on any atom is 0.159 e. The number of ether oxygens (including phenoxy) is 3. The Hall–Kier alpha value is -2.61. The van der Waals surface area contributed by atoms with Gasteiger partial charge in [-0.05, 0) is 57.7 Å². The molecule has 1 fully saturated rings. The minimum Gasteiger partial charge on any atom is -0.496 e. The van der Waals surface area contributed by atoms with Gasteiger partial charge in [-0.15, -0.1) is 0 Å². The highest BCUT2D eigenvalue weighted by Gasteiger charge is 2.40. The van der Waals surface area contributed by atoms with Crippen molar-refractivity contribution in [3.8, 4) is 5.75 Å². The zero-order valence-corrected chi connectivity index (χ0v) is 23.6. The molecule has 2 atom stereocenters. The fraction of sp³-hybridized carbons (Fsp3) is 0.548. The maximum absolute atomic E-state index is 15.1. The fourth-order valence-corrected chi connectivity index (χ4v) is 6.56. The van der Waals surface area contributed by atoms with Gasteiger partial charge in [-0.1, -0.05) is 24.3 Å². The lowest BCUT2D eigenvalue weighted by Gasteiger charge is -2.43. The van der Waals surface area contributed by atoms with Crippen LogP contribution in [0.2, 0.25) is 0 Å². The van der Waals surface area contributed by atoms with E-state index in [1.165, 1.54) is 10.9 Å². The number of alkyl halides is 1. The summed E-state index contributed by atoms with van der Waals surface area (Å²) in [6.07, 6.45) is 2.74. The molecule has 3 heterocycles. The van der Waals surface area contributed by atoms with E-state index in [-0.39, 0.29) is 18.4 Å². The number of hydrogen-bond acceptors (Lipinski definition) is 5. The van der Waals surface area contributed by atoms with Gasteiger partial charge in [0.2, 0.25) is 0 Å². The number of methoxy groups -OCH3 is 3. The highest BCUT2D eigenvalue weighted by atomic mass is 19.1. The Balaban J connectivity index is 1.51. The summed E-state index contributed by atoms with van der Waals surface area (Å²) in [6, 6.07) is 15.0. The average Bonchev–Trinajstić information content (AvgIpc) is 3.27. The van der Waals surface area contributed by atoms with E-state index < -0.39 is 5.67 Å². The minimum atomic E-state index is -1.32. The zero-order chi connectivity index (χ0) is 27.0. The first-order chi connectivity index (χ1) is 18.2. The fourth-order valence-electron chi connectivity index (χ4n) is 6.56. The molecule has 1 aromatic heterocycles. The predicted octanol–water partition coefficient (Wildman–Crippen LogP) is 6.10. The van der Waals surface area contributed by atoms with Crippen molar-refractivity contribution in [1.29, 1.82) is 0 Å². The lowest BCUT2D eigenvalue weighted by atomic mass is 9.87. The molecule has 0 aliphatic carbocycles. The number of rotatable bonds is 8. The molecule has 3 aromatic rings. The Morgan fingerprint density at radius 3 is 2.42 bits per heavy atom. The molecular weight excluding hydrogens is 481 g/mol. The molecule has 2 unspecified atom stereocenters. The van der Waals surface area contributed by atoms with Gasteiger partial charge in [-0.2, -0.15) is 0 Å². The Morgan fingerprint density at radius 2 is 1.76 bits per heavy atom. The van der Waals surface area contributed by atoms with Crippen LogP contribution in [0, 0.1) is 5.92 Å². The van der Waals surface area contributed by atoms with Gasteiger partial charge in [0.15, 0.2) is 6.29 Å². The van der Waals surface area contributed by atoms with E-state index >= 15 is 4.39 Å². The third-order valence-electron chi connectivity index (χ3n) is 8.34. The van der Waals surface area contributed by atoms with Crippen LogP contribution >= 0.6 is 0 Å². The zero-order valence-electron chi connectivity index (χ0n) is 23.6. The van der Waals surface area contributed by atoms with Crippen molar-refractivity contribution in [3.05, 3.63) is 59.3 Å². The molecule has 1 N–H and O–H groups in total. The van der Waals surface area contributed by atoms with Crippen LogP contribution < -0.4 is 9.64 Å². The Morgan fingerprint density at radius 1 is 1.05 bits per heavy atom. The summed E-state index contributed by atoms with van der Waals surface area (Å²) >= 11 is 0. The second kappa shape index (κ2) is 10.9. The highest BCUT2D eigenvalue weighted by molar-refractivity contribution is 5.85. The number of hydrogen-bond donors (Lipinski definition) is 1. The van der Waals surface area contributed by atoms with Crippen molar-refractivity contribution in [3.63, 3.8) is 0 Å². The molecule has 0 radical (unpaired) electrons. The number of benzene rings is 2. The molecule has 2 aromatic carbocycles. The molecule has 7 heteroatoms. The monoisotopic (exact) mass is 523 g/mol. The number of nitrogens with zero attached hydrogens (tertiary/aromatic N) is 2. The molecule has 0 amide bonds. The first-order valence-electron chi connectivity index (χ1n) is 13.8. The van der Waals surface area contributed by atoms with Gasteiger partial charge in [-0.3, -0.25) is 4.90 Å². The molecule has 6 nitrogen and oxygen atoms in total. The third kappa shape index (κ3) is 5.16. The van der Waals surface area contributed by atoms with Crippen LogP contribution in [-0.4, -0.2) is 68.8 Å². The topological polar surface area (TPSA) is 50.0 Å². The largest absolute Gasteiger partial charge is 0.496 e. The standard InChI is InChI=1S/C31H42FN3O3/c1-20-17-25-23-9-7-8-10-26(23)33-28(25)29(35(20)19-31(2,3)32)24-12-11-22(18-27(24)36-4)34-15-13-21(14-16-34)30(37-5)38-6/h7-12,18,20-21,29-30,33H,13-17,19H2,1-6H3. The lowest BCUT2D eigenvalue weighted by molar-refractivity contribution is -0.141. The Bertz CT molecular complexity index is 1240. The molecule has 2 aliphatic rings. The van der Waals surface area contributed by atoms with E-state index in [2.05, 4.69) is 64.2 Å². The van der Waals surface area contributed by atoms with E-state index in [1.54, 1.807) is 35.2 Å². The molecule has 206 valence electrons. The SMILES string of the molecule is COc1cc(N2CCC(C(OC)OC)CC2)ccc1C1c2[nH]c3ccccc3c2CC(C)N1CC(C)(C)F. The van der Waals surface area contributed by atoms with E-state index in [0.29, 0.717) is 12.5 Å². The van der Waals surface area contributed by atoms with E-state index in [4.69, 9.17) is 14.2 Å². The van der Waals surface area contributed by atoms with E-state index in [9.17, 15) is 0 Å². The normalized spacial score (nSPS) is 21.3. The number of nitrogens with one attached hydrogen (secondary N) is 1. The molecular formula is C31H42FN3O3. The smallest absolute Gasteiger partial charge is 0.159 e. The number of anilines is 1. The molecule has 5 rings (SSSR count). The van der Waals surface area contributed by atoms with Crippen LogP contribution in [0.15, 0.2) is 42.5 Å². The first-order valence-corrected chi connectivity index (χ1v) is 13.8. The summed E-state index contributed by atoms with van der Waals surface area (Å²) in [5.41, 5.74) is 4.48. The van der Waals surface area contributed by atoms with E-state index in [1.807, 2.05) is 0 Å². The molecule has 0 bridgehead atoms. The molecule has 0 spiro atoms. The molecule has 2 aliphatic heterocycles. The van der Waals surface area contributed by atoms with Crippen LogP contribution in [-0.2, 0) is 15.9 Å². The second-order valence-electron chi connectivity index (χ2n) is 11.5. The van der Waals surface area contributed by atoms with Crippen molar-refractivity contribution in [2.75, 3.05) is 45.9 Å². The average molecular weight is 524 g/mol. The Kier molecular flexibility index (Phi) is 7.72. The number of para-hydroxylation sites is 1. The van der Waals surface area contributed by atoms with Crippen LogP contribution in [0.5, 0.6) is 5.75 Å². The number of halogens is 1. The van der Waals surface area contributed by atoms with Crippen molar-refractivity contribution in [2.45, 2.75) is 64.1 Å². The predicted molar refractivity (Wildman–Crippen MR) is 151 cm³/mol. The lowest BCUT2D eigenvalue weighted by Crippen LogP contribution is -2.47. The van der Waals surface area contributed by atoms with Crippen LogP contribution in [0.25, 0.3) is 10.9 Å². The van der Waals surface area contributed by atoms with E-state index in [0.717, 1.165) is 60.6 Å². The minimum absolute atomic E-state index is 0.130. The van der Waals surface area contributed by atoms with Gasteiger partial charge in [-0.25, -0.2) is 4.39 Å². The van der Waals surface area contributed by atoms with Crippen LogP contribution in [0.1, 0.15) is 56.5 Å². The van der Waals surface area contributed by atoms with Gasteiger partial charge in [0.05, 0.1) is 13.2 Å². The summed E-state index contributed by atoms with van der Waals surface area (Å²) in [7, 11) is 5.16. The van der Waals surface area contributed by atoms with Crippen LogP contribution in [0.3, 0.4) is 0 Å². The van der Waals surface area contributed by atoms with Gasteiger partial charge in [0, 0.05) is 79.7 Å². The second-order valence-corrected chi connectivity index (χ2v) is 11.5. The van der Waals surface area contributed by atoms with Gasteiger partial charge in [0.1, 0.15) is 11.4 Å². The number of aromatic nitrogens is 1. The summed E-state index contributed by atoms with van der Waals surface area (Å²) in [6.45, 7) is 7.75. The molecule has 38 heavy (non-hydrogen) atoms. The van der Waals surface area contributed by atoms with Crippen molar-refractivity contribution in [2.24, 2.45) is 5.92 Å². The summed E-state index contributed by atoms with van der Waals surface area (Å²) in [5, 5.41) is 1.25. The molecule has 0 saturated carbocycles. The van der Waals surface area contributed by atoms with Gasteiger partial charge >= 0.3 is 0 Å². The van der Waals surface area contributed by atoms with Gasteiger partial charge in [0.25, 0.3) is 0 Å². The number of piperidine rings is 1. The summed E-state index contributed by atoms with van der Waals surface area (Å²) in [5.74, 6) is 1.23. The summed E-state index contributed by atoms with van der Waals surface area (Å²) in [4.78, 5) is 8.41. The van der Waals surface area contributed by atoms with Crippen molar-refractivity contribution < 1.29 is 18.6 Å². The highest BCUT2D eigenvalue weighted by Crippen LogP contribution is 2.45. The van der Waals surface area contributed by atoms with Gasteiger partial charge < -0.3 is 24.1 Å². The maximum atomic E-state index is 15.1. The van der Waals surface area contributed by atoms with Crippen molar-refractivity contribution in [1.82, 2.24) is 9.88 Å². The number of fused-ring (bicyclic) bond motifs is 3. The molecule has 1 saturated heterocycles. The Labute approximate surface area is 226 Å². The summed E-state index contributed by atoms with van der Waals surface area (Å²) < 4.78 is 32.2. The van der Waals surface area contributed by atoms with Crippen molar-refractivity contribution >= 4 is 16.6 Å². The number of H-pyrrole nitrogens is 1. The quantitative estimate of drug-likeness (QED) is 0.362. The number of aromatic amines is 1. The van der Waals surface area contributed by atoms with Crippen LogP contribution in [0.4, 0.5) is 10.1 Å². The first kappa shape index (κ1) is 27.0.